The molecule has 0 spiro atoms. The van der Waals surface area contributed by atoms with Gasteiger partial charge in [-0.1, -0.05) is 31.5 Å². The Morgan fingerprint density at radius 3 is 2.39 bits per heavy atom. The number of ether oxygens (including phenoxy) is 1. The second kappa shape index (κ2) is 13.8. The first kappa shape index (κ1) is 28.2. The summed E-state index contributed by atoms with van der Waals surface area (Å²) in [5, 5.41) is 2.69. The first-order valence-corrected chi connectivity index (χ1v) is 14.5. The molecule has 3 fully saturated rings. The van der Waals surface area contributed by atoms with Crippen molar-refractivity contribution >= 4 is 23.6 Å². The second-order valence-electron chi connectivity index (χ2n) is 10.9. The fourth-order valence-corrected chi connectivity index (χ4v) is 5.96. The molecule has 9 heteroatoms. The number of carbonyl (C=O) groups excluding carboxylic acids is 3. The Morgan fingerprint density at radius 1 is 0.947 bits per heavy atom. The zero-order chi connectivity index (χ0) is 26.9. The standard InChI is InChI=1S/C29H45N5O4/c1-3-4-20-38-27(35)21-30-29(37)33-14-11-25(12-15-33)34-13-7-9-24(22-34)28(36)32-18-16-31(17-19-32)26-10-6-5-8-23(26)2/h5-6,8,10,24-25H,3-4,7,9,11-22H2,1-2H3,(H,30,37). The topological polar surface area (TPSA) is 85.4 Å². The van der Waals surface area contributed by atoms with Crippen molar-refractivity contribution < 1.29 is 19.1 Å². The van der Waals surface area contributed by atoms with Crippen LogP contribution in [-0.4, -0.2) is 104 Å². The van der Waals surface area contributed by atoms with Crippen LogP contribution in [0.5, 0.6) is 0 Å². The van der Waals surface area contributed by atoms with Crippen molar-refractivity contribution in [2.24, 2.45) is 5.92 Å². The SMILES string of the molecule is CCCCOC(=O)CNC(=O)N1CCC(N2CCCC(C(=O)N3CCN(c4ccccc4C)CC3)C2)CC1. The Kier molecular flexibility index (Phi) is 10.3. The minimum atomic E-state index is -0.387. The lowest BCUT2D eigenvalue weighted by molar-refractivity contribution is -0.142. The number of unbranched alkanes of at least 4 members (excludes halogenated alkanes) is 1. The number of hydrogen-bond donors (Lipinski definition) is 1. The highest BCUT2D eigenvalue weighted by Gasteiger charge is 2.35. The van der Waals surface area contributed by atoms with Crippen molar-refractivity contribution in [2.75, 3.05) is 70.4 Å². The first-order chi connectivity index (χ1) is 18.5. The summed E-state index contributed by atoms with van der Waals surface area (Å²) in [6, 6.07) is 8.66. The molecule has 0 bridgehead atoms. The molecule has 38 heavy (non-hydrogen) atoms. The molecule has 0 aromatic heterocycles. The van der Waals surface area contributed by atoms with Crippen LogP contribution in [0.3, 0.4) is 0 Å². The average Bonchev–Trinajstić information content (AvgIpc) is 2.96. The van der Waals surface area contributed by atoms with Gasteiger partial charge in [-0.05, 0) is 57.2 Å². The lowest BCUT2D eigenvalue weighted by Crippen LogP contribution is -2.55. The minimum absolute atomic E-state index is 0.0637. The molecule has 3 aliphatic heterocycles. The minimum Gasteiger partial charge on any atom is -0.464 e. The summed E-state index contributed by atoms with van der Waals surface area (Å²) in [6.07, 6.45) is 5.59. The number of nitrogens with zero attached hydrogens (tertiary/aromatic N) is 4. The number of esters is 1. The van der Waals surface area contributed by atoms with Gasteiger partial charge in [0.1, 0.15) is 6.54 Å². The highest BCUT2D eigenvalue weighted by atomic mass is 16.5. The second-order valence-corrected chi connectivity index (χ2v) is 10.9. The molecule has 9 nitrogen and oxygen atoms in total. The van der Waals surface area contributed by atoms with Crippen LogP contribution in [-0.2, 0) is 14.3 Å². The number of anilines is 1. The maximum absolute atomic E-state index is 13.4. The summed E-state index contributed by atoms with van der Waals surface area (Å²) in [7, 11) is 0. The molecule has 3 amide bonds. The van der Waals surface area contributed by atoms with Crippen LogP contribution in [0.4, 0.5) is 10.5 Å². The molecular weight excluding hydrogens is 482 g/mol. The van der Waals surface area contributed by atoms with Gasteiger partial charge in [-0.2, -0.15) is 0 Å². The van der Waals surface area contributed by atoms with Crippen molar-refractivity contribution in [3.63, 3.8) is 0 Å². The molecule has 3 aliphatic rings. The molecule has 1 aromatic carbocycles. The van der Waals surface area contributed by atoms with E-state index in [1.165, 1.54) is 11.3 Å². The van der Waals surface area contributed by atoms with Crippen LogP contribution in [0.1, 0.15) is 51.0 Å². The number of urea groups is 1. The van der Waals surface area contributed by atoms with Gasteiger partial charge < -0.3 is 24.8 Å². The number of piperazine rings is 1. The van der Waals surface area contributed by atoms with E-state index in [4.69, 9.17) is 4.74 Å². The average molecular weight is 528 g/mol. The van der Waals surface area contributed by atoms with E-state index in [9.17, 15) is 14.4 Å². The molecule has 0 radical (unpaired) electrons. The molecule has 1 aromatic rings. The highest BCUT2D eigenvalue weighted by molar-refractivity contribution is 5.81. The molecule has 1 atom stereocenters. The van der Waals surface area contributed by atoms with Crippen LogP contribution >= 0.6 is 0 Å². The van der Waals surface area contributed by atoms with E-state index in [2.05, 4.69) is 51.2 Å². The molecular formula is C29H45N5O4. The van der Waals surface area contributed by atoms with Gasteiger partial charge in [-0.25, -0.2) is 4.79 Å². The zero-order valence-corrected chi connectivity index (χ0v) is 23.2. The van der Waals surface area contributed by atoms with Gasteiger partial charge in [0, 0.05) is 57.5 Å². The number of piperidine rings is 2. The summed E-state index contributed by atoms with van der Waals surface area (Å²) in [6.45, 7) is 11.0. The fourth-order valence-electron chi connectivity index (χ4n) is 5.96. The van der Waals surface area contributed by atoms with Crippen LogP contribution in [0.2, 0.25) is 0 Å². The van der Waals surface area contributed by atoms with E-state index >= 15 is 0 Å². The van der Waals surface area contributed by atoms with Crippen molar-refractivity contribution in [3.05, 3.63) is 29.8 Å². The molecule has 1 N–H and O–H groups in total. The summed E-state index contributed by atoms with van der Waals surface area (Å²) >= 11 is 0. The Bertz CT molecular complexity index is 941. The Hall–Kier alpha value is -2.81. The summed E-state index contributed by atoms with van der Waals surface area (Å²) in [5.41, 5.74) is 2.55. The van der Waals surface area contributed by atoms with E-state index in [0.29, 0.717) is 31.6 Å². The summed E-state index contributed by atoms with van der Waals surface area (Å²) in [4.78, 5) is 46.4. The maximum Gasteiger partial charge on any atom is 0.325 e. The van der Waals surface area contributed by atoms with Crippen LogP contribution in [0.15, 0.2) is 24.3 Å². The Morgan fingerprint density at radius 2 is 1.68 bits per heavy atom. The molecule has 3 heterocycles. The lowest BCUT2D eigenvalue weighted by Gasteiger charge is -2.43. The number of rotatable bonds is 8. The normalized spacial score (nSPS) is 21.3. The monoisotopic (exact) mass is 527 g/mol. The smallest absolute Gasteiger partial charge is 0.325 e. The predicted molar refractivity (Wildman–Crippen MR) is 148 cm³/mol. The van der Waals surface area contributed by atoms with Crippen LogP contribution in [0, 0.1) is 12.8 Å². The number of amides is 3. The van der Waals surface area contributed by atoms with Gasteiger partial charge in [-0.15, -0.1) is 0 Å². The third-order valence-corrected chi connectivity index (χ3v) is 8.26. The highest BCUT2D eigenvalue weighted by Crippen LogP contribution is 2.26. The van der Waals surface area contributed by atoms with Gasteiger partial charge in [0.2, 0.25) is 5.91 Å². The number of hydrogen-bond acceptors (Lipinski definition) is 6. The predicted octanol–water partition coefficient (Wildman–Crippen LogP) is 2.87. The van der Waals surface area contributed by atoms with E-state index in [-0.39, 0.29) is 24.5 Å². The van der Waals surface area contributed by atoms with Crippen molar-refractivity contribution in [1.82, 2.24) is 20.0 Å². The summed E-state index contributed by atoms with van der Waals surface area (Å²) in [5.74, 6) is -0.0158. The van der Waals surface area contributed by atoms with E-state index in [1.54, 1.807) is 4.90 Å². The van der Waals surface area contributed by atoms with Crippen molar-refractivity contribution in [1.29, 1.82) is 0 Å². The van der Waals surface area contributed by atoms with Gasteiger partial charge in [0.25, 0.3) is 0 Å². The first-order valence-electron chi connectivity index (χ1n) is 14.5. The molecule has 3 saturated heterocycles. The summed E-state index contributed by atoms with van der Waals surface area (Å²) < 4.78 is 5.11. The van der Waals surface area contributed by atoms with E-state index < -0.39 is 0 Å². The Balaban J connectivity index is 1.18. The fraction of sp³-hybridized carbons (Fsp3) is 0.690. The number of likely N-dealkylation sites (tertiary alicyclic amines) is 2. The third kappa shape index (κ3) is 7.40. The van der Waals surface area contributed by atoms with Crippen molar-refractivity contribution in [3.8, 4) is 0 Å². The van der Waals surface area contributed by atoms with Crippen molar-refractivity contribution in [2.45, 2.75) is 58.4 Å². The number of aryl methyl sites for hydroxylation is 1. The maximum atomic E-state index is 13.4. The van der Waals surface area contributed by atoms with Gasteiger partial charge in [-0.3, -0.25) is 14.5 Å². The third-order valence-electron chi connectivity index (χ3n) is 8.26. The van der Waals surface area contributed by atoms with Crippen LogP contribution < -0.4 is 10.2 Å². The quantitative estimate of drug-likeness (QED) is 0.413. The molecule has 4 rings (SSSR count). The van der Waals surface area contributed by atoms with Gasteiger partial charge in [0.05, 0.1) is 12.5 Å². The number of benzene rings is 1. The Labute approximate surface area is 227 Å². The van der Waals surface area contributed by atoms with E-state index in [1.807, 2.05) is 6.92 Å². The number of para-hydroxylation sites is 1. The van der Waals surface area contributed by atoms with Crippen LogP contribution in [0.25, 0.3) is 0 Å². The molecule has 210 valence electrons. The van der Waals surface area contributed by atoms with Gasteiger partial charge in [0.15, 0.2) is 0 Å². The van der Waals surface area contributed by atoms with Gasteiger partial charge >= 0.3 is 12.0 Å². The number of nitrogens with one attached hydrogen (secondary N) is 1. The zero-order valence-electron chi connectivity index (χ0n) is 23.2. The molecule has 1 unspecified atom stereocenters. The lowest BCUT2D eigenvalue weighted by atomic mass is 9.92. The van der Waals surface area contributed by atoms with E-state index in [0.717, 1.165) is 77.8 Å². The number of carbonyl (C=O) groups is 3. The molecule has 0 aliphatic carbocycles. The molecule has 0 saturated carbocycles. The largest absolute Gasteiger partial charge is 0.464 e.